The Kier molecular flexibility index (Phi) is 4.07. The highest BCUT2D eigenvalue weighted by Crippen LogP contribution is 2.29. The summed E-state index contributed by atoms with van der Waals surface area (Å²) in [7, 11) is 1.74. The van der Waals surface area contributed by atoms with Crippen LogP contribution in [0.15, 0.2) is 36.4 Å². The number of halogens is 1. The number of hydrogen-bond acceptors (Lipinski definition) is 4. The number of nitrogens with two attached hydrogens (primary N) is 2. The van der Waals surface area contributed by atoms with Crippen LogP contribution in [0.25, 0.3) is 0 Å². The summed E-state index contributed by atoms with van der Waals surface area (Å²) in [5, 5.41) is 0. The molecule has 1 unspecified atom stereocenters. The number of carbonyl (C=O) groups is 1. The lowest BCUT2D eigenvalue weighted by Gasteiger charge is -2.27. The molecule has 1 heterocycles. The number of carbonyl (C=O) groups excluding carboxylic acids is 1. The lowest BCUT2D eigenvalue weighted by atomic mass is 10.1. The normalized spacial score (nSPS) is 12.0. The van der Waals surface area contributed by atoms with Crippen LogP contribution < -0.4 is 16.4 Å². The molecule has 1 amide bonds. The van der Waals surface area contributed by atoms with Crippen molar-refractivity contribution in [3.8, 4) is 0 Å². The van der Waals surface area contributed by atoms with Crippen LogP contribution in [-0.4, -0.2) is 17.9 Å². The Bertz CT molecular complexity index is 674. The Labute approximate surface area is 122 Å². The number of amides is 1. The Hall–Kier alpha value is -2.63. The molecule has 0 aliphatic rings. The van der Waals surface area contributed by atoms with Crippen LogP contribution in [0.4, 0.5) is 15.9 Å². The van der Waals surface area contributed by atoms with Crippen LogP contribution >= 0.6 is 0 Å². The van der Waals surface area contributed by atoms with Gasteiger partial charge in [0.2, 0.25) is 0 Å². The predicted octanol–water partition coefficient (Wildman–Crippen LogP) is 2.10. The number of nitrogen functional groups attached to an aromatic ring is 1. The van der Waals surface area contributed by atoms with Crippen LogP contribution in [0.2, 0.25) is 0 Å². The van der Waals surface area contributed by atoms with Crippen LogP contribution in [-0.2, 0) is 0 Å². The van der Waals surface area contributed by atoms with E-state index in [0.29, 0.717) is 17.1 Å². The molecule has 0 aliphatic heterocycles. The lowest BCUT2D eigenvalue weighted by Crippen LogP contribution is -2.26. The van der Waals surface area contributed by atoms with E-state index in [1.807, 2.05) is 6.92 Å². The van der Waals surface area contributed by atoms with Crippen molar-refractivity contribution in [3.05, 3.63) is 53.5 Å². The number of nitrogens with zero attached hydrogens (tertiary/aromatic N) is 2. The van der Waals surface area contributed by atoms with Gasteiger partial charge in [-0.05, 0) is 25.1 Å². The van der Waals surface area contributed by atoms with Gasteiger partial charge in [0, 0.05) is 12.6 Å². The zero-order chi connectivity index (χ0) is 15.6. The summed E-state index contributed by atoms with van der Waals surface area (Å²) < 4.78 is 13.9. The third-order valence-corrected chi connectivity index (χ3v) is 3.43. The van der Waals surface area contributed by atoms with Crippen molar-refractivity contribution in [2.24, 2.45) is 5.73 Å². The molecular formula is C15H17FN4O. The molecule has 2 rings (SSSR count). The maximum absolute atomic E-state index is 13.9. The molecule has 1 atom stereocenters. The Balaban J connectivity index is 2.40. The van der Waals surface area contributed by atoms with Crippen molar-refractivity contribution in [3.63, 3.8) is 0 Å². The summed E-state index contributed by atoms with van der Waals surface area (Å²) in [6.07, 6.45) is 0. The number of rotatable bonds is 4. The van der Waals surface area contributed by atoms with Gasteiger partial charge in [-0.15, -0.1) is 0 Å². The predicted molar refractivity (Wildman–Crippen MR) is 80.4 cm³/mol. The second-order valence-corrected chi connectivity index (χ2v) is 4.78. The van der Waals surface area contributed by atoms with Crippen LogP contribution in [0.3, 0.4) is 0 Å². The Morgan fingerprint density at radius 2 is 1.95 bits per heavy atom. The molecule has 4 N–H and O–H groups in total. The van der Waals surface area contributed by atoms with Crippen LogP contribution in [0.1, 0.15) is 29.0 Å². The highest BCUT2D eigenvalue weighted by Gasteiger charge is 2.19. The first-order chi connectivity index (χ1) is 9.91. The largest absolute Gasteiger partial charge is 0.396 e. The number of benzene rings is 1. The first-order valence-electron chi connectivity index (χ1n) is 6.45. The van der Waals surface area contributed by atoms with Crippen LogP contribution in [0, 0.1) is 5.82 Å². The molecule has 0 bridgehead atoms. The van der Waals surface area contributed by atoms with E-state index in [1.54, 1.807) is 36.2 Å². The van der Waals surface area contributed by atoms with Crippen LogP contribution in [0.5, 0.6) is 0 Å². The van der Waals surface area contributed by atoms with E-state index in [9.17, 15) is 9.18 Å². The average molecular weight is 288 g/mol. The maximum Gasteiger partial charge on any atom is 0.267 e. The molecular weight excluding hydrogens is 271 g/mol. The number of aromatic nitrogens is 1. The van der Waals surface area contributed by atoms with Gasteiger partial charge in [0.05, 0.1) is 11.7 Å². The molecule has 0 spiro atoms. The molecule has 1 aromatic carbocycles. The lowest BCUT2D eigenvalue weighted by molar-refractivity contribution is 0.0995. The van der Waals surface area contributed by atoms with Crippen molar-refractivity contribution in [2.45, 2.75) is 13.0 Å². The number of hydrogen-bond donors (Lipinski definition) is 2. The van der Waals surface area contributed by atoms with Gasteiger partial charge >= 0.3 is 0 Å². The summed E-state index contributed by atoms with van der Waals surface area (Å²) in [4.78, 5) is 17.1. The van der Waals surface area contributed by atoms with E-state index in [2.05, 4.69) is 4.98 Å². The van der Waals surface area contributed by atoms with Crippen molar-refractivity contribution < 1.29 is 9.18 Å². The van der Waals surface area contributed by atoms with Crippen molar-refractivity contribution in [1.29, 1.82) is 0 Å². The van der Waals surface area contributed by atoms with Gasteiger partial charge < -0.3 is 16.4 Å². The summed E-state index contributed by atoms with van der Waals surface area (Å²) in [5.41, 5.74) is 12.1. The first kappa shape index (κ1) is 14.8. The van der Waals surface area contributed by atoms with Crippen molar-refractivity contribution in [2.75, 3.05) is 17.7 Å². The highest BCUT2D eigenvalue weighted by molar-refractivity contribution is 5.91. The quantitative estimate of drug-likeness (QED) is 0.902. The monoisotopic (exact) mass is 288 g/mol. The van der Waals surface area contributed by atoms with Gasteiger partial charge in [-0.25, -0.2) is 9.37 Å². The fraction of sp³-hybridized carbons (Fsp3) is 0.200. The topological polar surface area (TPSA) is 85.2 Å². The summed E-state index contributed by atoms with van der Waals surface area (Å²) in [5.74, 6) is -0.549. The van der Waals surface area contributed by atoms with Gasteiger partial charge in [-0.3, -0.25) is 4.79 Å². The zero-order valence-electron chi connectivity index (χ0n) is 11.9. The van der Waals surface area contributed by atoms with E-state index in [-0.39, 0.29) is 17.6 Å². The number of pyridine rings is 1. The second kappa shape index (κ2) is 5.78. The third-order valence-electron chi connectivity index (χ3n) is 3.43. The van der Waals surface area contributed by atoms with Gasteiger partial charge in [-0.1, -0.05) is 18.2 Å². The van der Waals surface area contributed by atoms with Crippen molar-refractivity contribution in [1.82, 2.24) is 4.98 Å². The van der Waals surface area contributed by atoms with Crippen molar-refractivity contribution >= 4 is 17.4 Å². The van der Waals surface area contributed by atoms with E-state index < -0.39 is 5.91 Å². The minimum atomic E-state index is -0.636. The average Bonchev–Trinajstić information content (AvgIpc) is 2.46. The molecule has 21 heavy (non-hydrogen) atoms. The number of primary amides is 1. The van der Waals surface area contributed by atoms with Gasteiger partial charge in [0.1, 0.15) is 11.5 Å². The molecule has 1 aromatic heterocycles. The zero-order valence-corrected chi connectivity index (χ0v) is 11.9. The Morgan fingerprint density at radius 1 is 1.29 bits per heavy atom. The summed E-state index contributed by atoms with van der Waals surface area (Å²) in [6.45, 7) is 1.83. The molecule has 0 saturated carbocycles. The van der Waals surface area contributed by atoms with Gasteiger partial charge in [0.15, 0.2) is 5.82 Å². The van der Waals surface area contributed by atoms with E-state index in [4.69, 9.17) is 11.5 Å². The fourth-order valence-electron chi connectivity index (χ4n) is 2.08. The molecule has 110 valence electrons. The minimum Gasteiger partial charge on any atom is -0.396 e. The summed E-state index contributed by atoms with van der Waals surface area (Å²) in [6, 6.07) is 9.21. The standard InChI is InChI=1S/C15H17FN4O/c1-9(10-5-3-4-6-11(10)16)20(2)15-12(17)7-8-13(19-15)14(18)21/h3-9H,17H2,1-2H3,(H2,18,21). The highest BCUT2D eigenvalue weighted by atomic mass is 19.1. The first-order valence-corrected chi connectivity index (χ1v) is 6.45. The van der Waals surface area contributed by atoms with Gasteiger partial charge in [0.25, 0.3) is 5.91 Å². The second-order valence-electron chi connectivity index (χ2n) is 4.78. The molecule has 6 heteroatoms. The summed E-state index contributed by atoms with van der Waals surface area (Å²) >= 11 is 0. The smallest absolute Gasteiger partial charge is 0.267 e. The molecule has 0 saturated heterocycles. The third kappa shape index (κ3) is 2.94. The molecule has 0 fully saturated rings. The molecule has 2 aromatic rings. The molecule has 0 aliphatic carbocycles. The van der Waals surface area contributed by atoms with E-state index in [0.717, 1.165) is 0 Å². The fourth-order valence-corrected chi connectivity index (χ4v) is 2.08. The minimum absolute atomic E-state index is 0.117. The molecule has 5 nitrogen and oxygen atoms in total. The SMILES string of the molecule is CC(c1ccccc1F)N(C)c1nc(C(N)=O)ccc1N. The number of anilines is 2. The van der Waals surface area contributed by atoms with Gasteiger partial charge in [-0.2, -0.15) is 0 Å². The molecule has 0 radical (unpaired) electrons. The maximum atomic E-state index is 13.9. The Morgan fingerprint density at radius 3 is 2.57 bits per heavy atom. The van der Waals surface area contributed by atoms with E-state index >= 15 is 0 Å². The van der Waals surface area contributed by atoms with E-state index in [1.165, 1.54) is 12.1 Å².